The molecule has 1 amide bonds. The van der Waals surface area contributed by atoms with Gasteiger partial charge in [0.15, 0.2) is 6.61 Å². The lowest BCUT2D eigenvalue weighted by Crippen LogP contribution is -2.45. The summed E-state index contributed by atoms with van der Waals surface area (Å²) in [6.07, 6.45) is 1.39. The highest BCUT2D eigenvalue weighted by molar-refractivity contribution is 5.78. The largest absolute Gasteiger partial charge is 0.483 e. The zero-order chi connectivity index (χ0) is 17.5. The molecule has 1 unspecified atom stereocenters. The number of para-hydroxylation sites is 1. The molecule has 0 aromatic heterocycles. The minimum atomic E-state index is -0.869. The third-order valence-corrected chi connectivity index (χ3v) is 3.86. The number of carboxylic acids is 1. The van der Waals surface area contributed by atoms with E-state index in [-0.39, 0.29) is 18.9 Å². The number of rotatable bonds is 9. The molecule has 128 valence electrons. The Bertz CT molecular complexity index is 540. The van der Waals surface area contributed by atoms with Crippen LogP contribution in [-0.2, 0) is 9.59 Å². The van der Waals surface area contributed by atoms with Gasteiger partial charge in [0.05, 0.1) is 0 Å². The van der Waals surface area contributed by atoms with Gasteiger partial charge in [-0.25, -0.2) is 0 Å². The van der Waals surface area contributed by atoms with E-state index >= 15 is 0 Å². The van der Waals surface area contributed by atoms with Crippen LogP contribution in [0.1, 0.15) is 58.4 Å². The van der Waals surface area contributed by atoms with E-state index in [1.54, 1.807) is 13.8 Å². The molecule has 1 atom stereocenters. The molecular formula is C18H27NO4. The van der Waals surface area contributed by atoms with Gasteiger partial charge < -0.3 is 15.2 Å². The molecule has 0 heterocycles. The quantitative estimate of drug-likeness (QED) is 0.731. The van der Waals surface area contributed by atoms with Crippen LogP contribution in [0.4, 0.5) is 0 Å². The van der Waals surface area contributed by atoms with Gasteiger partial charge in [-0.1, -0.05) is 32.0 Å². The van der Waals surface area contributed by atoms with Crippen LogP contribution in [0, 0.1) is 0 Å². The molecule has 0 fully saturated rings. The van der Waals surface area contributed by atoms with Crippen LogP contribution >= 0.6 is 0 Å². The van der Waals surface area contributed by atoms with Gasteiger partial charge in [-0.05, 0) is 44.2 Å². The maximum absolute atomic E-state index is 12.0. The molecule has 2 N–H and O–H groups in total. The van der Waals surface area contributed by atoms with Crippen molar-refractivity contribution >= 4 is 11.9 Å². The summed E-state index contributed by atoms with van der Waals surface area (Å²) in [6.45, 7) is 7.77. The van der Waals surface area contributed by atoms with Crippen molar-refractivity contribution in [1.82, 2.24) is 5.32 Å². The average molecular weight is 321 g/mol. The molecule has 5 heteroatoms. The topological polar surface area (TPSA) is 75.6 Å². The van der Waals surface area contributed by atoms with Crippen LogP contribution in [0.15, 0.2) is 24.3 Å². The molecule has 0 aliphatic carbocycles. The summed E-state index contributed by atoms with van der Waals surface area (Å²) in [5.41, 5.74) is 0.516. The van der Waals surface area contributed by atoms with Crippen LogP contribution in [0.5, 0.6) is 5.75 Å². The molecule has 0 saturated heterocycles. The summed E-state index contributed by atoms with van der Waals surface area (Å²) in [5.74, 6) is -0.0352. The number of ether oxygens (including phenoxy) is 1. The van der Waals surface area contributed by atoms with Gasteiger partial charge in [-0.2, -0.15) is 0 Å². The Morgan fingerprint density at radius 2 is 1.96 bits per heavy atom. The zero-order valence-corrected chi connectivity index (χ0v) is 14.4. The van der Waals surface area contributed by atoms with Crippen molar-refractivity contribution < 1.29 is 19.4 Å². The lowest BCUT2D eigenvalue weighted by atomic mass is 9.98. The number of carbonyl (C=O) groups excluding carboxylic acids is 1. The molecule has 23 heavy (non-hydrogen) atoms. The van der Waals surface area contributed by atoms with Crippen LogP contribution in [-0.4, -0.2) is 29.1 Å². The van der Waals surface area contributed by atoms with Gasteiger partial charge in [0.25, 0.3) is 5.91 Å². The van der Waals surface area contributed by atoms with Crippen molar-refractivity contribution in [2.75, 3.05) is 6.61 Å². The molecule has 0 spiro atoms. The predicted molar refractivity (Wildman–Crippen MR) is 89.7 cm³/mol. The maximum Gasteiger partial charge on any atom is 0.303 e. The van der Waals surface area contributed by atoms with E-state index in [0.717, 1.165) is 17.7 Å². The summed E-state index contributed by atoms with van der Waals surface area (Å²) in [7, 11) is 0. The van der Waals surface area contributed by atoms with Crippen LogP contribution in [0.2, 0.25) is 0 Å². The second-order valence-corrected chi connectivity index (χ2v) is 6.46. The van der Waals surface area contributed by atoms with Gasteiger partial charge in [0.1, 0.15) is 5.75 Å². The molecular weight excluding hydrogens is 294 g/mol. The van der Waals surface area contributed by atoms with E-state index in [0.29, 0.717) is 12.3 Å². The molecule has 0 bridgehead atoms. The number of carboxylic acid groups (broad SMARTS) is 1. The predicted octanol–water partition coefficient (Wildman–Crippen LogP) is 3.34. The first kappa shape index (κ1) is 19.0. The smallest absolute Gasteiger partial charge is 0.303 e. The minimum Gasteiger partial charge on any atom is -0.483 e. The van der Waals surface area contributed by atoms with Gasteiger partial charge in [-0.3, -0.25) is 9.59 Å². The number of aliphatic carboxylic acids is 1. The SMILES string of the molecule is CCC(C)c1ccccc1OCC(=O)NC(C)(C)CCC(=O)O. The first-order valence-corrected chi connectivity index (χ1v) is 7.99. The van der Waals surface area contributed by atoms with E-state index in [9.17, 15) is 9.59 Å². The van der Waals surface area contributed by atoms with Crippen molar-refractivity contribution in [2.24, 2.45) is 0 Å². The summed E-state index contributed by atoms with van der Waals surface area (Å²) in [6, 6.07) is 7.72. The van der Waals surface area contributed by atoms with E-state index in [4.69, 9.17) is 9.84 Å². The fourth-order valence-electron chi connectivity index (χ4n) is 2.28. The third-order valence-electron chi connectivity index (χ3n) is 3.86. The Morgan fingerprint density at radius 1 is 1.30 bits per heavy atom. The summed E-state index contributed by atoms with van der Waals surface area (Å²) in [4.78, 5) is 22.7. The Kier molecular flexibility index (Phi) is 7.07. The van der Waals surface area contributed by atoms with Gasteiger partial charge in [0, 0.05) is 12.0 Å². The molecule has 0 saturated carbocycles. The van der Waals surface area contributed by atoms with Crippen LogP contribution in [0.3, 0.4) is 0 Å². The van der Waals surface area contributed by atoms with E-state index in [2.05, 4.69) is 19.2 Å². The first-order chi connectivity index (χ1) is 10.7. The standard InChI is InChI=1S/C18H27NO4/c1-5-13(2)14-8-6-7-9-15(14)23-12-16(20)19-18(3,4)11-10-17(21)22/h6-9,13H,5,10-12H2,1-4H3,(H,19,20)(H,21,22). The third kappa shape index (κ3) is 6.72. The Balaban J connectivity index is 2.58. The minimum absolute atomic E-state index is 0.0188. The molecule has 1 aromatic carbocycles. The van der Waals surface area contributed by atoms with Crippen LogP contribution < -0.4 is 10.1 Å². The molecule has 1 rings (SSSR count). The van der Waals surface area contributed by atoms with Crippen LogP contribution in [0.25, 0.3) is 0 Å². The molecule has 1 aromatic rings. The Labute approximate surface area is 138 Å². The highest BCUT2D eigenvalue weighted by Gasteiger charge is 2.22. The van der Waals surface area contributed by atoms with E-state index < -0.39 is 11.5 Å². The van der Waals surface area contributed by atoms with Gasteiger partial charge in [0.2, 0.25) is 0 Å². The van der Waals surface area contributed by atoms with Crippen molar-refractivity contribution in [3.05, 3.63) is 29.8 Å². The van der Waals surface area contributed by atoms with Crippen molar-refractivity contribution in [3.8, 4) is 5.75 Å². The Morgan fingerprint density at radius 3 is 2.57 bits per heavy atom. The molecule has 0 radical (unpaired) electrons. The van der Waals surface area contributed by atoms with Gasteiger partial charge in [-0.15, -0.1) is 0 Å². The van der Waals surface area contributed by atoms with E-state index in [1.807, 2.05) is 24.3 Å². The summed E-state index contributed by atoms with van der Waals surface area (Å²) >= 11 is 0. The van der Waals surface area contributed by atoms with Gasteiger partial charge >= 0.3 is 5.97 Å². The summed E-state index contributed by atoms with van der Waals surface area (Å²) in [5, 5.41) is 11.5. The lowest BCUT2D eigenvalue weighted by molar-refractivity contribution is -0.138. The number of carbonyl (C=O) groups is 2. The molecule has 0 aliphatic heterocycles. The average Bonchev–Trinajstić information content (AvgIpc) is 2.50. The second kappa shape index (κ2) is 8.56. The highest BCUT2D eigenvalue weighted by atomic mass is 16.5. The number of hydrogen-bond acceptors (Lipinski definition) is 3. The maximum atomic E-state index is 12.0. The van der Waals surface area contributed by atoms with Crippen molar-refractivity contribution in [1.29, 1.82) is 0 Å². The molecule has 5 nitrogen and oxygen atoms in total. The fraction of sp³-hybridized carbons (Fsp3) is 0.556. The highest BCUT2D eigenvalue weighted by Crippen LogP contribution is 2.28. The first-order valence-electron chi connectivity index (χ1n) is 7.99. The zero-order valence-electron chi connectivity index (χ0n) is 14.4. The summed E-state index contributed by atoms with van der Waals surface area (Å²) < 4.78 is 5.67. The fourth-order valence-corrected chi connectivity index (χ4v) is 2.28. The van der Waals surface area contributed by atoms with Crippen molar-refractivity contribution in [3.63, 3.8) is 0 Å². The lowest BCUT2D eigenvalue weighted by Gasteiger charge is -2.25. The second-order valence-electron chi connectivity index (χ2n) is 6.46. The van der Waals surface area contributed by atoms with Crippen molar-refractivity contribution in [2.45, 2.75) is 58.4 Å². The molecule has 0 aliphatic rings. The monoisotopic (exact) mass is 321 g/mol. The number of benzene rings is 1. The number of amides is 1. The number of nitrogens with one attached hydrogen (secondary N) is 1. The van der Waals surface area contributed by atoms with E-state index in [1.165, 1.54) is 0 Å². The normalized spacial score (nSPS) is 12.5. The number of hydrogen-bond donors (Lipinski definition) is 2. The Hall–Kier alpha value is -2.04.